The molecule has 1 rings (SSSR count). The second-order valence-electron chi connectivity index (χ2n) is 4.21. The summed E-state index contributed by atoms with van der Waals surface area (Å²) >= 11 is 1.62. The van der Waals surface area contributed by atoms with E-state index in [-0.39, 0.29) is 5.91 Å². The molecule has 0 atom stereocenters. The first-order chi connectivity index (χ1) is 8.13. The van der Waals surface area contributed by atoms with E-state index in [0.717, 1.165) is 30.0 Å². The maximum atomic E-state index is 11.8. The van der Waals surface area contributed by atoms with Gasteiger partial charge in [0.25, 0.3) is 0 Å². The highest BCUT2D eigenvalue weighted by Crippen LogP contribution is 2.11. The van der Waals surface area contributed by atoms with Gasteiger partial charge in [0.2, 0.25) is 5.91 Å². The predicted octanol–water partition coefficient (Wildman–Crippen LogP) is 1.93. The minimum atomic E-state index is 0.188. The molecule has 0 bridgehead atoms. The Balaban J connectivity index is 2.27. The van der Waals surface area contributed by atoms with Crippen LogP contribution in [0.15, 0.2) is 5.38 Å². The van der Waals surface area contributed by atoms with Gasteiger partial charge < -0.3 is 10.6 Å². The number of hydrogen-bond acceptors (Lipinski definition) is 4. The van der Waals surface area contributed by atoms with Gasteiger partial charge >= 0.3 is 0 Å². The molecule has 0 radical (unpaired) electrons. The number of carbonyl (C=O) groups excluding carboxylic acids is 1. The number of rotatable bonds is 7. The third kappa shape index (κ3) is 5.28. The molecule has 1 aromatic rings. The van der Waals surface area contributed by atoms with Crippen molar-refractivity contribution in [1.29, 1.82) is 0 Å². The Morgan fingerprint density at radius 1 is 1.47 bits per heavy atom. The molecule has 0 aliphatic heterocycles. The number of hydrogen-bond donors (Lipinski definition) is 1. The average molecular weight is 255 g/mol. The van der Waals surface area contributed by atoms with Crippen molar-refractivity contribution in [3.8, 4) is 0 Å². The van der Waals surface area contributed by atoms with E-state index in [9.17, 15) is 4.79 Å². The van der Waals surface area contributed by atoms with Crippen LogP contribution >= 0.6 is 11.3 Å². The van der Waals surface area contributed by atoms with Gasteiger partial charge in [0, 0.05) is 18.8 Å². The molecule has 0 saturated heterocycles. The number of unbranched alkanes of at least 4 members (excludes halogenated alkanes) is 2. The van der Waals surface area contributed by atoms with E-state index < -0.39 is 0 Å². The van der Waals surface area contributed by atoms with Crippen LogP contribution in [0.3, 0.4) is 0 Å². The molecule has 1 aromatic heterocycles. The van der Waals surface area contributed by atoms with Crippen molar-refractivity contribution in [3.05, 3.63) is 16.1 Å². The SMILES string of the molecule is Cc1nc(CN(C)C(=O)CCCCCN)cs1. The van der Waals surface area contributed by atoms with Gasteiger partial charge in [-0.05, 0) is 26.3 Å². The molecule has 1 amide bonds. The zero-order chi connectivity index (χ0) is 12.7. The highest BCUT2D eigenvalue weighted by atomic mass is 32.1. The van der Waals surface area contributed by atoms with Crippen molar-refractivity contribution in [2.45, 2.75) is 39.2 Å². The van der Waals surface area contributed by atoms with Gasteiger partial charge in [-0.2, -0.15) is 0 Å². The van der Waals surface area contributed by atoms with E-state index in [4.69, 9.17) is 5.73 Å². The number of thiazole rings is 1. The lowest BCUT2D eigenvalue weighted by Crippen LogP contribution is -2.26. The molecule has 0 saturated carbocycles. The maximum Gasteiger partial charge on any atom is 0.222 e. The molecule has 2 N–H and O–H groups in total. The third-order valence-corrected chi connectivity index (χ3v) is 3.41. The van der Waals surface area contributed by atoms with Gasteiger partial charge in [0.1, 0.15) is 0 Å². The molecule has 0 aliphatic rings. The summed E-state index contributed by atoms with van der Waals surface area (Å²) in [5.41, 5.74) is 6.38. The molecule has 1 heterocycles. The number of carbonyl (C=O) groups is 1. The lowest BCUT2D eigenvalue weighted by molar-refractivity contribution is -0.130. The van der Waals surface area contributed by atoms with Gasteiger partial charge in [-0.25, -0.2) is 4.98 Å². The Bertz CT molecular complexity index is 351. The summed E-state index contributed by atoms with van der Waals surface area (Å²) < 4.78 is 0. The zero-order valence-corrected chi connectivity index (χ0v) is 11.4. The Labute approximate surface area is 107 Å². The van der Waals surface area contributed by atoms with Crippen LogP contribution in [-0.2, 0) is 11.3 Å². The lowest BCUT2D eigenvalue weighted by atomic mass is 10.2. The number of aromatic nitrogens is 1. The second-order valence-corrected chi connectivity index (χ2v) is 5.27. The van der Waals surface area contributed by atoms with E-state index in [1.807, 2.05) is 19.4 Å². The molecule has 4 nitrogen and oxygen atoms in total. The van der Waals surface area contributed by atoms with Crippen LogP contribution in [0.2, 0.25) is 0 Å². The van der Waals surface area contributed by atoms with Crippen molar-refractivity contribution in [2.75, 3.05) is 13.6 Å². The van der Waals surface area contributed by atoms with E-state index in [1.165, 1.54) is 0 Å². The molecule has 96 valence electrons. The van der Waals surface area contributed by atoms with Crippen molar-refractivity contribution in [1.82, 2.24) is 9.88 Å². The Morgan fingerprint density at radius 3 is 2.82 bits per heavy atom. The molecule has 0 aromatic carbocycles. The quantitative estimate of drug-likeness (QED) is 0.757. The fourth-order valence-electron chi connectivity index (χ4n) is 1.60. The highest BCUT2D eigenvalue weighted by Gasteiger charge is 2.10. The summed E-state index contributed by atoms with van der Waals surface area (Å²) in [6, 6.07) is 0. The number of nitrogens with two attached hydrogens (primary N) is 1. The Kier molecular flexibility index (Phi) is 6.15. The smallest absolute Gasteiger partial charge is 0.222 e. The van der Waals surface area contributed by atoms with Crippen molar-refractivity contribution < 1.29 is 4.79 Å². The van der Waals surface area contributed by atoms with Gasteiger partial charge in [-0.15, -0.1) is 11.3 Å². The molecule has 0 aliphatic carbocycles. The van der Waals surface area contributed by atoms with Crippen LogP contribution in [0, 0.1) is 6.92 Å². The number of amides is 1. The van der Waals surface area contributed by atoms with E-state index in [0.29, 0.717) is 19.5 Å². The molecular weight excluding hydrogens is 234 g/mol. The highest BCUT2D eigenvalue weighted by molar-refractivity contribution is 7.09. The van der Waals surface area contributed by atoms with Crippen LogP contribution < -0.4 is 5.73 Å². The first-order valence-corrected chi connectivity index (χ1v) is 6.86. The summed E-state index contributed by atoms with van der Waals surface area (Å²) in [5.74, 6) is 0.188. The summed E-state index contributed by atoms with van der Waals surface area (Å²) in [7, 11) is 1.83. The van der Waals surface area contributed by atoms with Crippen LogP contribution in [0.5, 0.6) is 0 Å². The first-order valence-electron chi connectivity index (χ1n) is 5.98. The van der Waals surface area contributed by atoms with E-state index >= 15 is 0 Å². The summed E-state index contributed by atoms with van der Waals surface area (Å²) in [4.78, 5) is 17.9. The van der Waals surface area contributed by atoms with Crippen LogP contribution in [-0.4, -0.2) is 29.4 Å². The van der Waals surface area contributed by atoms with Crippen molar-refractivity contribution in [3.63, 3.8) is 0 Å². The van der Waals surface area contributed by atoms with Gasteiger partial charge in [-0.3, -0.25) is 4.79 Å². The first kappa shape index (κ1) is 14.1. The van der Waals surface area contributed by atoms with Crippen LogP contribution in [0.25, 0.3) is 0 Å². The minimum absolute atomic E-state index is 0.188. The predicted molar refractivity (Wildman–Crippen MR) is 70.8 cm³/mol. The van der Waals surface area contributed by atoms with E-state index in [1.54, 1.807) is 16.2 Å². The molecule has 5 heteroatoms. The second kappa shape index (κ2) is 7.40. The summed E-state index contributed by atoms with van der Waals surface area (Å²) in [5, 5.41) is 3.05. The van der Waals surface area contributed by atoms with Crippen LogP contribution in [0.1, 0.15) is 36.4 Å². The monoisotopic (exact) mass is 255 g/mol. The average Bonchev–Trinajstić information content (AvgIpc) is 2.70. The summed E-state index contributed by atoms with van der Waals surface area (Å²) in [6.07, 6.45) is 3.57. The largest absolute Gasteiger partial charge is 0.340 e. The third-order valence-electron chi connectivity index (χ3n) is 2.59. The van der Waals surface area contributed by atoms with Crippen molar-refractivity contribution in [2.24, 2.45) is 5.73 Å². The molecule has 0 unspecified atom stereocenters. The Hall–Kier alpha value is -0.940. The minimum Gasteiger partial charge on any atom is -0.340 e. The number of nitrogens with zero attached hydrogens (tertiary/aromatic N) is 2. The molecule has 0 fully saturated rings. The standard InChI is InChI=1S/C12H21N3OS/c1-10-14-11(9-17-10)8-15(2)12(16)6-4-3-5-7-13/h9H,3-8,13H2,1-2H3. The summed E-state index contributed by atoms with van der Waals surface area (Å²) in [6.45, 7) is 3.30. The zero-order valence-electron chi connectivity index (χ0n) is 10.6. The molecular formula is C12H21N3OS. The molecule has 0 spiro atoms. The maximum absolute atomic E-state index is 11.8. The van der Waals surface area contributed by atoms with E-state index in [2.05, 4.69) is 4.98 Å². The normalized spacial score (nSPS) is 10.5. The van der Waals surface area contributed by atoms with Gasteiger partial charge in [0.05, 0.1) is 17.2 Å². The topological polar surface area (TPSA) is 59.2 Å². The molecule has 17 heavy (non-hydrogen) atoms. The fourth-order valence-corrected chi connectivity index (χ4v) is 2.20. The van der Waals surface area contributed by atoms with Crippen LogP contribution in [0.4, 0.5) is 0 Å². The van der Waals surface area contributed by atoms with Crippen molar-refractivity contribution >= 4 is 17.2 Å². The lowest BCUT2D eigenvalue weighted by Gasteiger charge is -2.15. The Morgan fingerprint density at radius 2 is 2.24 bits per heavy atom. The number of aryl methyl sites for hydroxylation is 1. The fraction of sp³-hybridized carbons (Fsp3) is 0.667. The van der Waals surface area contributed by atoms with Gasteiger partial charge in [-0.1, -0.05) is 6.42 Å². The van der Waals surface area contributed by atoms with Gasteiger partial charge in [0.15, 0.2) is 0 Å².